The van der Waals surface area contributed by atoms with Crippen LogP contribution in [0.2, 0.25) is 0 Å². The van der Waals surface area contributed by atoms with Crippen molar-refractivity contribution in [1.82, 2.24) is 9.80 Å². The number of rotatable bonds is 3. The van der Waals surface area contributed by atoms with Crippen molar-refractivity contribution in [1.29, 1.82) is 0 Å². The van der Waals surface area contributed by atoms with E-state index in [1.165, 1.54) is 0 Å². The first-order valence-corrected chi connectivity index (χ1v) is 5.16. The van der Waals surface area contributed by atoms with Crippen LogP contribution in [0.15, 0.2) is 12.7 Å². The summed E-state index contributed by atoms with van der Waals surface area (Å²) in [6.07, 6.45) is 1.68. The Morgan fingerprint density at radius 1 is 1.73 bits per heavy atom. The Morgan fingerprint density at radius 2 is 2.33 bits per heavy atom. The maximum Gasteiger partial charge on any atom is 0.246 e. The van der Waals surface area contributed by atoms with E-state index < -0.39 is 12.2 Å². The fourth-order valence-electron chi connectivity index (χ4n) is 1.93. The average Bonchev–Trinajstić information content (AvgIpc) is 2.21. The van der Waals surface area contributed by atoms with Crippen LogP contribution in [0, 0.1) is 0 Å². The Kier molecular flexibility index (Phi) is 3.50. The lowest BCUT2D eigenvalue weighted by molar-refractivity contribution is -0.153. The van der Waals surface area contributed by atoms with E-state index in [4.69, 9.17) is 0 Å². The number of carbonyl (C=O) groups excluding carboxylic acids is 1. The third-order valence-corrected chi connectivity index (χ3v) is 3.22. The number of amides is 1. The predicted molar refractivity (Wildman–Crippen MR) is 58.4 cm³/mol. The van der Waals surface area contributed by atoms with Crippen LogP contribution < -0.4 is 0 Å². The predicted octanol–water partition coefficient (Wildman–Crippen LogP) is 1.06. The van der Waals surface area contributed by atoms with Gasteiger partial charge in [-0.15, -0.1) is 6.58 Å². The van der Waals surface area contributed by atoms with Gasteiger partial charge in [-0.3, -0.25) is 9.69 Å². The van der Waals surface area contributed by atoms with Crippen LogP contribution in [-0.4, -0.2) is 54.1 Å². The molecule has 0 bridgehead atoms. The number of hydrogen-bond acceptors (Lipinski definition) is 2. The summed E-state index contributed by atoms with van der Waals surface area (Å²) in [5, 5.41) is 0. The molecule has 0 radical (unpaired) electrons. The van der Waals surface area contributed by atoms with Crippen molar-refractivity contribution in [3.63, 3.8) is 0 Å². The normalized spacial score (nSPS) is 33.2. The van der Waals surface area contributed by atoms with Crippen LogP contribution >= 0.6 is 0 Å². The summed E-state index contributed by atoms with van der Waals surface area (Å²) in [5.41, 5.74) is -1.00. The largest absolute Gasteiger partial charge is 0.333 e. The lowest BCUT2D eigenvalue weighted by Gasteiger charge is -2.47. The Balaban J connectivity index is 2.94. The average molecular weight is 214 g/mol. The second kappa shape index (κ2) is 4.31. The van der Waals surface area contributed by atoms with Crippen LogP contribution in [0.4, 0.5) is 4.39 Å². The highest BCUT2D eigenvalue weighted by atomic mass is 19.1. The van der Waals surface area contributed by atoms with Crippen molar-refractivity contribution in [3.8, 4) is 0 Å². The summed E-state index contributed by atoms with van der Waals surface area (Å²) in [4.78, 5) is 15.6. The summed E-state index contributed by atoms with van der Waals surface area (Å²) < 4.78 is 13.0. The molecule has 4 heteroatoms. The molecular formula is C11H19FN2O. The van der Waals surface area contributed by atoms with Crippen LogP contribution in [0.3, 0.4) is 0 Å². The molecule has 0 spiro atoms. The SMILES string of the molecule is C=CCN1C(=O)[C@](C)(CF)N(C)C[C@@H]1C. The minimum absolute atomic E-state index is 0.111. The second-order valence-corrected chi connectivity index (χ2v) is 4.38. The number of halogens is 1. The van der Waals surface area contributed by atoms with Crippen LogP contribution in [0.5, 0.6) is 0 Å². The Hall–Kier alpha value is -0.900. The molecule has 1 rings (SSSR count). The molecule has 1 aliphatic rings. The zero-order valence-corrected chi connectivity index (χ0v) is 9.66. The Labute approximate surface area is 90.5 Å². The molecule has 1 heterocycles. The molecule has 2 atom stereocenters. The first kappa shape index (κ1) is 12.2. The highest BCUT2D eigenvalue weighted by Gasteiger charge is 2.46. The number of likely N-dealkylation sites (N-methyl/N-ethyl adjacent to an activating group) is 1. The summed E-state index contributed by atoms with van der Waals surface area (Å²) in [6.45, 7) is 7.77. The van der Waals surface area contributed by atoms with Gasteiger partial charge in [-0.1, -0.05) is 6.08 Å². The van der Waals surface area contributed by atoms with E-state index in [1.54, 1.807) is 29.8 Å². The lowest BCUT2D eigenvalue weighted by Crippen LogP contribution is -2.67. The summed E-state index contributed by atoms with van der Waals surface area (Å²) >= 11 is 0. The quantitative estimate of drug-likeness (QED) is 0.656. The number of hydrogen-bond donors (Lipinski definition) is 0. The lowest BCUT2D eigenvalue weighted by atomic mass is 9.94. The van der Waals surface area contributed by atoms with E-state index in [0.717, 1.165) is 0 Å². The summed E-state index contributed by atoms with van der Waals surface area (Å²) in [5.74, 6) is -0.147. The standard InChI is InChI=1S/C11H19FN2O/c1-5-6-14-9(2)7-13(4)11(3,8-12)10(14)15/h5,9H,1,6-8H2,2-4H3/t9-,11-/m0/s1. The minimum Gasteiger partial charge on any atom is -0.333 e. The molecule has 0 unspecified atom stereocenters. The molecule has 1 amide bonds. The maximum absolute atomic E-state index is 13.0. The third-order valence-electron chi connectivity index (χ3n) is 3.22. The zero-order valence-electron chi connectivity index (χ0n) is 9.66. The van der Waals surface area contributed by atoms with Crippen molar-refractivity contribution < 1.29 is 9.18 Å². The van der Waals surface area contributed by atoms with Crippen molar-refractivity contribution in [3.05, 3.63) is 12.7 Å². The van der Waals surface area contributed by atoms with Gasteiger partial charge < -0.3 is 4.90 Å². The van der Waals surface area contributed by atoms with Gasteiger partial charge in [0, 0.05) is 19.1 Å². The van der Waals surface area contributed by atoms with Gasteiger partial charge in [-0.05, 0) is 20.9 Å². The molecule has 1 fully saturated rings. The van der Waals surface area contributed by atoms with E-state index in [0.29, 0.717) is 13.1 Å². The topological polar surface area (TPSA) is 23.6 Å². The number of piperazine rings is 1. The molecule has 0 aromatic rings. The van der Waals surface area contributed by atoms with E-state index >= 15 is 0 Å². The van der Waals surface area contributed by atoms with Crippen LogP contribution in [0.25, 0.3) is 0 Å². The molecule has 0 aromatic heterocycles. The highest BCUT2D eigenvalue weighted by Crippen LogP contribution is 2.25. The van der Waals surface area contributed by atoms with Gasteiger partial charge in [0.05, 0.1) is 0 Å². The monoisotopic (exact) mass is 214 g/mol. The van der Waals surface area contributed by atoms with Crippen molar-refractivity contribution in [2.45, 2.75) is 25.4 Å². The van der Waals surface area contributed by atoms with E-state index in [1.807, 2.05) is 6.92 Å². The number of carbonyl (C=O) groups is 1. The summed E-state index contributed by atoms with van der Waals surface area (Å²) in [6, 6.07) is 0.111. The maximum atomic E-state index is 13.0. The van der Waals surface area contributed by atoms with Gasteiger partial charge in [0.25, 0.3) is 0 Å². The van der Waals surface area contributed by atoms with Crippen molar-refractivity contribution in [2.75, 3.05) is 26.8 Å². The molecule has 3 nitrogen and oxygen atoms in total. The second-order valence-electron chi connectivity index (χ2n) is 4.38. The van der Waals surface area contributed by atoms with Gasteiger partial charge in [-0.25, -0.2) is 4.39 Å². The number of alkyl halides is 1. The molecule has 0 saturated carbocycles. The van der Waals surface area contributed by atoms with E-state index in [2.05, 4.69) is 6.58 Å². The number of nitrogens with zero attached hydrogens (tertiary/aromatic N) is 2. The van der Waals surface area contributed by atoms with Gasteiger partial charge in [0.2, 0.25) is 5.91 Å². The molecule has 1 saturated heterocycles. The Morgan fingerprint density at radius 3 is 2.80 bits per heavy atom. The molecule has 15 heavy (non-hydrogen) atoms. The highest BCUT2D eigenvalue weighted by molar-refractivity contribution is 5.87. The Bertz CT molecular complexity index is 269. The van der Waals surface area contributed by atoms with Crippen LogP contribution in [-0.2, 0) is 4.79 Å². The third kappa shape index (κ3) is 1.91. The first-order chi connectivity index (χ1) is 6.97. The molecule has 0 aromatic carbocycles. The molecule has 0 N–H and O–H groups in total. The van der Waals surface area contributed by atoms with Gasteiger partial charge in [0.15, 0.2) is 0 Å². The van der Waals surface area contributed by atoms with Gasteiger partial charge >= 0.3 is 0 Å². The van der Waals surface area contributed by atoms with Crippen molar-refractivity contribution >= 4 is 5.91 Å². The fraction of sp³-hybridized carbons (Fsp3) is 0.727. The smallest absolute Gasteiger partial charge is 0.246 e. The van der Waals surface area contributed by atoms with Gasteiger partial charge in [-0.2, -0.15) is 0 Å². The zero-order chi connectivity index (χ0) is 11.6. The molecular weight excluding hydrogens is 195 g/mol. The van der Waals surface area contributed by atoms with E-state index in [9.17, 15) is 9.18 Å². The van der Waals surface area contributed by atoms with Gasteiger partial charge in [0.1, 0.15) is 12.2 Å². The molecule has 1 aliphatic heterocycles. The first-order valence-electron chi connectivity index (χ1n) is 5.16. The summed E-state index contributed by atoms with van der Waals surface area (Å²) in [7, 11) is 1.79. The fourth-order valence-corrected chi connectivity index (χ4v) is 1.93. The van der Waals surface area contributed by atoms with Crippen molar-refractivity contribution in [2.24, 2.45) is 0 Å². The molecule has 86 valence electrons. The van der Waals surface area contributed by atoms with Crippen LogP contribution in [0.1, 0.15) is 13.8 Å². The minimum atomic E-state index is -1.00. The molecule has 0 aliphatic carbocycles. The van der Waals surface area contributed by atoms with E-state index in [-0.39, 0.29) is 11.9 Å².